The highest BCUT2D eigenvalue weighted by molar-refractivity contribution is 7.89. The molecule has 0 aromatic heterocycles. The predicted molar refractivity (Wildman–Crippen MR) is 94.7 cm³/mol. The zero-order valence-electron chi connectivity index (χ0n) is 18.1. The van der Waals surface area contributed by atoms with Gasteiger partial charge in [0.05, 0.1) is 5.75 Å². The van der Waals surface area contributed by atoms with Gasteiger partial charge in [-0.1, -0.05) is 0 Å². The number of nitrogens with zero attached hydrogens (tertiary/aromatic N) is 1. The zero-order valence-corrected chi connectivity index (χ0v) is 19.0. The number of alkyl halides is 14. The highest BCUT2D eigenvalue weighted by Gasteiger charge is 2.75. The van der Waals surface area contributed by atoms with E-state index in [1.54, 1.807) is 0 Å². The second kappa shape index (κ2) is 11.7. The van der Waals surface area contributed by atoms with Crippen molar-refractivity contribution >= 4 is 10.0 Å². The normalized spacial score (nSPS) is 15.3. The molecule has 0 aliphatic heterocycles. The van der Waals surface area contributed by atoms with E-state index >= 15 is 0 Å². The smallest absolute Gasteiger partial charge is 0.314 e. The first kappa shape index (κ1) is 34.9. The molecule has 0 spiro atoms. The first-order valence-corrected chi connectivity index (χ1v) is 11.4. The average molecular weight is 588 g/mol. The van der Waals surface area contributed by atoms with Crippen LogP contribution in [-0.4, -0.2) is 80.6 Å². The standard InChI is InChI=1S/C16H22F14N2O3S/c1-32(33)6-3-5-31-36(34,35)7-2-4-10(8-11(17,13(19,20)21)14(22,23)24)9-12(18,15(25,26)27)16(28,29)30/h10,31,33H,2-9H2,1H3. The number of hydroxylamine groups is 2. The summed E-state index contributed by atoms with van der Waals surface area (Å²) in [4.78, 5) is 0. The number of rotatable bonds is 13. The third-order valence-electron chi connectivity index (χ3n) is 4.94. The highest BCUT2D eigenvalue weighted by atomic mass is 32.2. The molecular weight excluding hydrogens is 566 g/mol. The summed E-state index contributed by atoms with van der Waals surface area (Å²) in [5, 5.41) is 9.52. The van der Waals surface area contributed by atoms with Gasteiger partial charge >= 0.3 is 24.7 Å². The molecule has 36 heavy (non-hydrogen) atoms. The Morgan fingerprint density at radius 1 is 0.722 bits per heavy atom. The summed E-state index contributed by atoms with van der Waals surface area (Å²) < 4.78 is 208. The molecule has 5 nitrogen and oxygen atoms in total. The fourth-order valence-corrected chi connectivity index (χ4v) is 4.17. The molecule has 0 aromatic carbocycles. The number of hydrogen-bond acceptors (Lipinski definition) is 4. The molecule has 218 valence electrons. The summed E-state index contributed by atoms with van der Waals surface area (Å²) in [6.45, 7) is -0.423. The Kier molecular flexibility index (Phi) is 11.3. The van der Waals surface area contributed by atoms with E-state index in [4.69, 9.17) is 5.21 Å². The molecule has 0 aliphatic carbocycles. The van der Waals surface area contributed by atoms with Crippen LogP contribution < -0.4 is 4.72 Å². The van der Waals surface area contributed by atoms with Gasteiger partial charge in [-0.05, 0) is 25.2 Å². The third kappa shape index (κ3) is 9.30. The van der Waals surface area contributed by atoms with Crippen molar-refractivity contribution < 1.29 is 75.1 Å². The Morgan fingerprint density at radius 3 is 1.39 bits per heavy atom. The van der Waals surface area contributed by atoms with Gasteiger partial charge in [0.2, 0.25) is 10.0 Å². The maximum atomic E-state index is 14.1. The Balaban J connectivity index is 5.95. The van der Waals surface area contributed by atoms with Crippen LogP contribution in [0.15, 0.2) is 0 Å². The second-order valence-electron chi connectivity index (χ2n) is 7.96. The van der Waals surface area contributed by atoms with E-state index in [1.807, 2.05) is 4.72 Å². The van der Waals surface area contributed by atoms with E-state index in [-0.39, 0.29) is 19.5 Å². The number of halogens is 14. The second-order valence-corrected chi connectivity index (χ2v) is 9.88. The van der Waals surface area contributed by atoms with Gasteiger partial charge in [0.25, 0.3) is 11.3 Å². The molecule has 0 atom stereocenters. The van der Waals surface area contributed by atoms with Crippen molar-refractivity contribution in [1.29, 1.82) is 0 Å². The summed E-state index contributed by atoms with van der Waals surface area (Å²) in [5.74, 6) is -4.42. The van der Waals surface area contributed by atoms with Crippen molar-refractivity contribution in [3.63, 3.8) is 0 Å². The number of hydrogen-bond donors (Lipinski definition) is 2. The Bertz CT molecular complexity index is 722. The minimum absolute atomic E-state index is 0.0159. The molecule has 0 rings (SSSR count). The molecule has 0 unspecified atom stereocenters. The number of sulfonamides is 1. The predicted octanol–water partition coefficient (Wildman–Crippen LogP) is 5.46. The SMILES string of the molecule is CN(O)CCCNS(=O)(=O)CCCC(CC(F)(C(F)(F)F)C(F)(F)F)CC(F)(C(F)(F)F)C(F)(F)F. The quantitative estimate of drug-likeness (QED) is 0.171. The molecule has 2 N–H and O–H groups in total. The van der Waals surface area contributed by atoms with Crippen LogP contribution in [0, 0.1) is 5.92 Å². The molecule has 0 heterocycles. The lowest BCUT2D eigenvalue weighted by Crippen LogP contribution is -2.57. The molecule has 0 bridgehead atoms. The van der Waals surface area contributed by atoms with Gasteiger partial charge in [0, 0.05) is 33.0 Å². The fourth-order valence-electron chi connectivity index (χ4n) is 3.03. The van der Waals surface area contributed by atoms with Crippen molar-refractivity contribution in [3.05, 3.63) is 0 Å². The van der Waals surface area contributed by atoms with Crippen LogP contribution in [0.5, 0.6) is 0 Å². The molecule has 0 saturated carbocycles. The van der Waals surface area contributed by atoms with Crippen LogP contribution >= 0.6 is 0 Å². The van der Waals surface area contributed by atoms with Crippen LogP contribution in [0.25, 0.3) is 0 Å². The largest absolute Gasteiger partial charge is 0.431 e. The van der Waals surface area contributed by atoms with Gasteiger partial charge in [-0.2, -0.15) is 57.7 Å². The lowest BCUT2D eigenvalue weighted by molar-refractivity contribution is -0.356. The monoisotopic (exact) mass is 588 g/mol. The van der Waals surface area contributed by atoms with E-state index in [1.165, 1.54) is 7.05 Å². The van der Waals surface area contributed by atoms with Crippen LogP contribution in [0.4, 0.5) is 61.5 Å². The van der Waals surface area contributed by atoms with Gasteiger partial charge in [-0.25, -0.2) is 21.9 Å². The minimum atomic E-state index is -6.85. The maximum absolute atomic E-state index is 14.1. The van der Waals surface area contributed by atoms with Crippen molar-refractivity contribution in [1.82, 2.24) is 9.79 Å². The Morgan fingerprint density at radius 2 is 1.08 bits per heavy atom. The molecule has 0 amide bonds. The first-order chi connectivity index (χ1) is 15.7. The average Bonchev–Trinajstić information content (AvgIpc) is 2.61. The van der Waals surface area contributed by atoms with E-state index < -0.39 is 83.4 Å². The summed E-state index contributed by atoms with van der Waals surface area (Å²) in [6.07, 6.45) is -36.3. The molecule has 20 heteroatoms. The van der Waals surface area contributed by atoms with Gasteiger partial charge in [0.1, 0.15) is 0 Å². The molecule has 0 saturated heterocycles. The van der Waals surface area contributed by atoms with Gasteiger partial charge in [0.15, 0.2) is 0 Å². The summed E-state index contributed by atoms with van der Waals surface area (Å²) in [7, 11) is -3.21. The van der Waals surface area contributed by atoms with Crippen molar-refractivity contribution in [3.8, 4) is 0 Å². The minimum Gasteiger partial charge on any atom is -0.314 e. The summed E-state index contributed by atoms with van der Waals surface area (Å²) >= 11 is 0. The van der Waals surface area contributed by atoms with Gasteiger partial charge in [-0.3, -0.25) is 0 Å². The lowest BCUT2D eigenvalue weighted by atomic mass is 9.80. The molecule has 0 aromatic rings. The molecule has 0 aliphatic rings. The van der Waals surface area contributed by atoms with Crippen LogP contribution in [0.3, 0.4) is 0 Å². The summed E-state index contributed by atoms with van der Waals surface area (Å²) in [5.41, 5.74) is -12.6. The van der Waals surface area contributed by atoms with Crippen molar-refractivity contribution in [2.75, 3.05) is 25.9 Å². The topological polar surface area (TPSA) is 69.6 Å². The third-order valence-corrected chi connectivity index (χ3v) is 6.41. The number of nitrogens with one attached hydrogen (secondary N) is 1. The van der Waals surface area contributed by atoms with Crippen LogP contribution in [0.2, 0.25) is 0 Å². The highest BCUT2D eigenvalue weighted by Crippen LogP contribution is 2.54. The molecular formula is C16H22F14N2O3S. The van der Waals surface area contributed by atoms with E-state index in [0.717, 1.165) is 0 Å². The fraction of sp³-hybridized carbons (Fsp3) is 1.00. The van der Waals surface area contributed by atoms with E-state index in [9.17, 15) is 69.9 Å². The van der Waals surface area contributed by atoms with E-state index in [2.05, 4.69) is 0 Å². The van der Waals surface area contributed by atoms with Gasteiger partial charge in [-0.15, -0.1) is 0 Å². The van der Waals surface area contributed by atoms with Crippen LogP contribution in [0.1, 0.15) is 32.1 Å². The Hall–Kier alpha value is -1.15. The first-order valence-electron chi connectivity index (χ1n) is 9.72. The van der Waals surface area contributed by atoms with E-state index in [0.29, 0.717) is 5.06 Å². The maximum Gasteiger partial charge on any atom is 0.431 e. The van der Waals surface area contributed by atoms with Gasteiger partial charge < -0.3 is 5.21 Å². The van der Waals surface area contributed by atoms with Crippen LogP contribution in [-0.2, 0) is 10.0 Å². The van der Waals surface area contributed by atoms with Crippen molar-refractivity contribution in [2.24, 2.45) is 5.92 Å². The van der Waals surface area contributed by atoms with Crippen molar-refractivity contribution in [2.45, 2.75) is 68.1 Å². The Labute approximate surface area is 195 Å². The lowest BCUT2D eigenvalue weighted by Gasteiger charge is -2.37. The summed E-state index contributed by atoms with van der Waals surface area (Å²) in [6, 6.07) is 0. The molecule has 0 radical (unpaired) electrons. The molecule has 0 fully saturated rings. The zero-order chi connectivity index (χ0) is 29.0.